The third-order valence-electron chi connectivity index (χ3n) is 4.02. The number of rotatable bonds is 3. The smallest absolute Gasteiger partial charge is 0.200 e. The molecule has 0 atom stereocenters. The predicted octanol–water partition coefficient (Wildman–Crippen LogP) is 4.30. The number of aryl methyl sites for hydroxylation is 2. The van der Waals surface area contributed by atoms with E-state index in [9.17, 15) is 9.18 Å². The Kier molecular flexibility index (Phi) is 4.12. The van der Waals surface area contributed by atoms with Gasteiger partial charge in [0.25, 0.3) is 0 Å². The van der Waals surface area contributed by atoms with E-state index in [1.165, 1.54) is 19.2 Å². The summed E-state index contributed by atoms with van der Waals surface area (Å²) in [5.74, 6) is -0.623. The number of hydrogen-bond donors (Lipinski definition) is 0. The minimum Gasteiger partial charge on any atom is -0.496 e. The fourth-order valence-electron chi connectivity index (χ4n) is 2.58. The molecule has 0 fully saturated rings. The lowest BCUT2D eigenvalue weighted by molar-refractivity contribution is 0.103. The molecule has 0 aromatic heterocycles. The van der Waals surface area contributed by atoms with Crippen molar-refractivity contribution in [2.24, 2.45) is 0 Å². The molecule has 0 aliphatic heterocycles. The van der Waals surface area contributed by atoms with Crippen molar-refractivity contribution in [1.29, 1.82) is 0 Å². The van der Waals surface area contributed by atoms with Crippen molar-refractivity contribution in [3.8, 4) is 5.75 Å². The van der Waals surface area contributed by atoms with E-state index < -0.39 is 5.82 Å². The normalized spacial score (nSPS) is 10.6. The van der Waals surface area contributed by atoms with Crippen LogP contribution in [0, 0.1) is 33.5 Å². The number of carbonyl (C=O) groups is 1. The van der Waals surface area contributed by atoms with E-state index in [1.54, 1.807) is 6.07 Å². The molecule has 0 amide bonds. The molecule has 2 rings (SSSR count). The van der Waals surface area contributed by atoms with Crippen LogP contribution in [0.4, 0.5) is 4.39 Å². The molecule has 0 radical (unpaired) electrons. The van der Waals surface area contributed by atoms with Crippen molar-refractivity contribution in [3.05, 3.63) is 63.5 Å². The molecule has 0 saturated heterocycles. The summed E-state index contributed by atoms with van der Waals surface area (Å²) in [6.07, 6.45) is 0. The van der Waals surface area contributed by atoms with Gasteiger partial charge in [0.2, 0.25) is 0 Å². The molecular formula is C18H19FO2. The predicted molar refractivity (Wildman–Crippen MR) is 81.8 cm³/mol. The third-order valence-corrected chi connectivity index (χ3v) is 4.02. The summed E-state index contributed by atoms with van der Waals surface area (Å²) in [5, 5.41) is 0. The molecule has 2 aromatic rings. The lowest BCUT2D eigenvalue weighted by atomic mass is 9.89. The maximum Gasteiger partial charge on any atom is 0.200 e. The Morgan fingerprint density at radius 1 is 1.00 bits per heavy atom. The van der Waals surface area contributed by atoms with Gasteiger partial charge < -0.3 is 4.74 Å². The quantitative estimate of drug-likeness (QED) is 0.786. The molecule has 0 heterocycles. The van der Waals surface area contributed by atoms with Gasteiger partial charge in [0, 0.05) is 5.56 Å². The van der Waals surface area contributed by atoms with E-state index in [0.717, 1.165) is 22.3 Å². The summed E-state index contributed by atoms with van der Waals surface area (Å²) in [4.78, 5) is 12.9. The lowest BCUT2D eigenvalue weighted by Gasteiger charge is -2.16. The summed E-state index contributed by atoms with van der Waals surface area (Å²) in [6, 6.07) is 6.46. The van der Waals surface area contributed by atoms with Crippen LogP contribution in [0.5, 0.6) is 5.75 Å². The van der Waals surface area contributed by atoms with Crippen LogP contribution >= 0.6 is 0 Å². The fourth-order valence-corrected chi connectivity index (χ4v) is 2.58. The number of methoxy groups -OCH3 is 1. The van der Waals surface area contributed by atoms with Gasteiger partial charge in [-0.3, -0.25) is 4.79 Å². The maximum absolute atomic E-state index is 14.1. The van der Waals surface area contributed by atoms with Crippen molar-refractivity contribution >= 4 is 5.78 Å². The van der Waals surface area contributed by atoms with E-state index in [0.29, 0.717) is 5.56 Å². The summed E-state index contributed by atoms with van der Waals surface area (Å²) >= 11 is 0. The molecule has 3 heteroatoms. The molecule has 0 unspecified atom stereocenters. The minimum absolute atomic E-state index is 0.00352. The van der Waals surface area contributed by atoms with E-state index in [4.69, 9.17) is 4.74 Å². The zero-order valence-electron chi connectivity index (χ0n) is 13.0. The second-order valence-corrected chi connectivity index (χ2v) is 5.28. The van der Waals surface area contributed by atoms with Gasteiger partial charge in [-0.25, -0.2) is 4.39 Å². The monoisotopic (exact) mass is 286 g/mol. The lowest BCUT2D eigenvalue weighted by Crippen LogP contribution is -2.12. The molecule has 0 aliphatic carbocycles. The van der Waals surface area contributed by atoms with Crippen LogP contribution in [0.25, 0.3) is 0 Å². The highest BCUT2D eigenvalue weighted by Crippen LogP contribution is 2.29. The average molecular weight is 286 g/mol. The van der Waals surface area contributed by atoms with Gasteiger partial charge in [-0.1, -0.05) is 12.1 Å². The van der Waals surface area contributed by atoms with Crippen molar-refractivity contribution in [2.75, 3.05) is 7.11 Å². The molecule has 0 spiro atoms. The average Bonchev–Trinajstić information content (AvgIpc) is 2.44. The zero-order valence-corrected chi connectivity index (χ0v) is 13.0. The highest BCUT2D eigenvalue weighted by atomic mass is 19.1. The van der Waals surface area contributed by atoms with Gasteiger partial charge in [0.05, 0.1) is 7.11 Å². The summed E-state index contributed by atoms with van der Waals surface area (Å²) in [7, 11) is 1.44. The third kappa shape index (κ3) is 2.56. The van der Waals surface area contributed by atoms with Gasteiger partial charge >= 0.3 is 0 Å². The fraction of sp³-hybridized carbons (Fsp3) is 0.278. The van der Waals surface area contributed by atoms with E-state index in [1.807, 2.05) is 33.8 Å². The first-order valence-electron chi connectivity index (χ1n) is 6.83. The topological polar surface area (TPSA) is 26.3 Å². The van der Waals surface area contributed by atoms with Gasteiger partial charge in [-0.05, 0) is 62.1 Å². The molecule has 0 aliphatic rings. The van der Waals surface area contributed by atoms with Gasteiger partial charge in [-0.15, -0.1) is 0 Å². The Bertz CT molecular complexity index is 691. The SMILES string of the molecule is COc1cccc(F)c1C(=O)c1c(C)c(C)cc(C)c1C. The largest absolute Gasteiger partial charge is 0.496 e. The van der Waals surface area contributed by atoms with Crippen LogP contribution in [-0.4, -0.2) is 12.9 Å². The molecule has 21 heavy (non-hydrogen) atoms. The van der Waals surface area contributed by atoms with Crippen LogP contribution in [0.15, 0.2) is 24.3 Å². The molecular weight excluding hydrogens is 267 g/mol. The Morgan fingerprint density at radius 3 is 2.10 bits per heavy atom. The first-order chi connectivity index (χ1) is 9.88. The highest BCUT2D eigenvalue weighted by Gasteiger charge is 2.23. The first-order valence-corrected chi connectivity index (χ1v) is 6.83. The summed E-state index contributed by atoms with van der Waals surface area (Å²) in [5.41, 5.74) is 4.38. The first kappa shape index (κ1) is 15.2. The molecule has 0 N–H and O–H groups in total. The Labute approximate surface area is 124 Å². The van der Waals surface area contributed by atoms with Crippen LogP contribution in [0.3, 0.4) is 0 Å². The minimum atomic E-state index is -0.558. The molecule has 2 aromatic carbocycles. The second kappa shape index (κ2) is 5.68. The molecule has 2 nitrogen and oxygen atoms in total. The van der Waals surface area contributed by atoms with Gasteiger partial charge in [0.15, 0.2) is 5.78 Å². The molecule has 0 saturated carbocycles. The maximum atomic E-state index is 14.1. The van der Waals surface area contributed by atoms with E-state index in [2.05, 4.69) is 0 Å². The second-order valence-electron chi connectivity index (χ2n) is 5.28. The Morgan fingerprint density at radius 2 is 1.57 bits per heavy atom. The zero-order chi connectivity index (χ0) is 15.7. The number of carbonyl (C=O) groups excluding carboxylic acids is 1. The van der Waals surface area contributed by atoms with Crippen molar-refractivity contribution in [2.45, 2.75) is 27.7 Å². The van der Waals surface area contributed by atoms with Crippen LogP contribution in [-0.2, 0) is 0 Å². The van der Waals surface area contributed by atoms with Gasteiger partial charge in [-0.2, -0.15) is 0 Å². The van der Waals surface area contributed by atoms with Crippen LogP contribution in [0.2, 0.25) is 0 Å². The Hall–Kier alpha value is -2.16. The molecule has 110 valence electrons. The number of hydrogen-bond acceptors (Lipinski definition) is 2. The number of ketones is 1. The molecule has 0 bridgehead atoms. The van der Waals surface area contributed by atoms with Crippen LogP contribution < -0.4 is 4.74 Å². The van der Waals surface area contributed by atoms with Crippen molar-refractivity contribution in [3.63, 3.8) is 0 Å². The van der Waals surface area contributed by atoms with Crippen molar-refractivity contribution < 1.29 is 13.9 Å². The van der Waals surface area contributed by atoms with Crippen molar-refractivity contribution in [1.82, 2.24) is 0 Å². The van der Waals surface area contributed by atoms with Gasteiger partial charge in [0.1, 0.15) is 17.1 Å². The van der Waals surface area contributed by atoms with E-state index in [-0.39, 0.29) is 17.1 Å². The summed E-state index contributed by atoms with van der Waals surface area (Å²) in [6.45, 7) is 7.69. The van der Waals surface area contributed by atoms with Crippen LogP contribution in [0.1, 0.15) is 38.2 Å². The Balaban J connectivity index is 2.72. The van der Waals surface area contributed by atoms with E-state index >= 15 is 0 Å². The number of benzene rings is 2. The summed E-state index contributed by atoms with van der Waals surface area (Å²) < 4.78 is 19.3. The standard InChI is InChI=1S/C18H19FO2/c1-10-9-11(2)13(4)16(12(10)3)18(20)17-14(19)7-6-8-15(17)21-5/h6-9H,1-5H3. The number of ether oxygens (including phenoxy) is 1. The number of halogens is 1. The highest BCUT2D eigenvalue weighted by molar-refractivity contribution is 6.13.